The highest BCUT2D eigenvalue weighted by Gasteiger charge is 2.20. The van der Waals surface area contributed by atoms with Gasteiger partial charge in [-0.2, -0.15) is 0 Å². The van der Waals surface area contributed by atoms with Crippen molar-refractivity contribution < 1.29 is 0 Å². The molecule has 2 nitrogen and oxygen atoms in total. The van der Waals surface area contributed by atoms with Crippen LogP contribution in [0.4, 0.5) is 34.1 Å². The molecule has 88 heavy (non-hydrogen) atoms. The van der Waals surface area contributed by atoms with Crippen molar-refractivity contribution in [2.45, 2.75) is 0 Å². The van der Waals surface area contributed by atoms with Crippen molar-refractivity contribution in [3.8, 4) is 22.3 Å². The number of fused-ring (bicyclic) bond motifs is 5. The molecule has 0 aromatic heterocycles. The van der Waals surface area contributed by atoms with Gasteiger partial charge in [0.1, 0.15) is 0 Å². The van der Waals surface area contributed by atoms with Crippen LogP contribution >= 0.6 is 0 Å². The highest BCUT2D eigenvalue weighted by atomic mass is 15.1. The molecule has 0 saturated heterocycles. The molecule has 0 atom stereocenters. The van der Waals surface area contributed by atoms with Crippen molar-refractivity contribution in [1.82, 2.24) is 0 Å². The average molecular weight is 1120 g/mol. The van der Waals surface area contributed by atoms with E-state index in [2.05, 4.69) is 386 Å². The lowest BCUT2D eigenvalue weighted by atomic mass is 9.85. The van der Waals surface area contributed by atoms with E-state index in [0.29, 0.717) is 0 Å². The molecule has 416 valence electrons. The average Bonchev–Trinajstić information content (AvgIpc) is 2.31. The van der Waals surface area contributed by atoms with Gasteiger partial charge in [-0.25, -0.2) is 0 Å². The number of rotatable bonds is 16. The zero-order valence-electron chi connectivity index (χ0n) is 48.7. The van der Waals surface area contributed by atoms with Gasteiger partial charge in [-0.3, -0.25) is 0 Å². The lowest BCUT2D eigenvalue weighted by Crippen LogP contribution is -2.09. The summed E-state index contributed by atoms with van der Waals surface area (Å²) < 4.78 is 0. The van der Waals surface area contributed by atoms with Gasteiger partial charge in [0, 0.05) is 34.1 Å². The van der Waals surface area contributed by atoms with E-state index in [1.165, 1.54) is 65.7 Å². The molecule has 0 spiro atoms. The van der Waals surface area contributed by atoms with E-state index >= 15 is 0 Å². The van der Waals surface area contributed by atoms with Gasteiger partial charge in [-0.1, -0.05) is 291 Å². The Morgan fingerprint density at radius 1 is 0.182 bits per heavy atom. The first-order valence-corrected chi connectivity index (χ1v) is 30.1. The van der Waals surface area contributed by atoms with E-state index in [9.17, 15) is 0 Å². The van der Waals surface area contributed by atoms with Crippen molar-refractivity contribution in [3.05, 3.63) is 372 Å². The van der Waals surface area contributed by atoms with Gasteiger partial charge in [0.05, 0.1) is 0 Å². The van der Waals surface area contributed by atoms with Gasteiger partial charge in [0.15, 0.2) is 0 Å². The molecule has 0 heterocycles. The summed E-state index contributed by atoms with van der Waals surface area (Å²) in [5.41, 5.74) is 20.4. The molecule has 0 bridgehead atoms. The molecule has 0 radical (unpaired) electrons. The Morgan fingerprint density at radius 2 is 0.386 bits per heavy atom. The second-order valence-electron chi connectivity index (χ2n) is 22.1. The molecule has 0 aliphatic heterocycles. The molecule has 0 aliphatic rings. The van der Waals surface area contributed by atoms with Gasteiger partial charge in [-0.05, 0) is 184 Å². The van der Waals surface area contributed by atoms with E-state index in [-0.39, 0.29) is 0 Å². The third-order valence-electron chi connectivity index (χ3n) is 16.4. The number of anilines is 6. The van der Waals surface area contributed by atoms with Crippen molar-refractivity contribution in [1.29, 1.82) is 0 Å². The Morgan fingerprint density at radius 3 is 0.636 bits per heavy atom. The molecule has 2 heteroatoms. The molecule has 0 saturated carbocycles. The molecular formula is C86H62N2. The molecule has 0 fully saturated rings. The normalized spacial score (nSPS) is 11.7. The molecule has 0 unspecified atom stereocenters. The largest absolute Gasteiger partial charge is 0.311 e. The summed E-state index contributed by atoms with van der Waals surface area (Å²) in [7, 11) is 0. The molecule has 14 rings (SSSR count). The van der Waals surface area contributed by atoms with E-state index in [0.717, 1.165) is 67.5 Å². The SMILES string of the molecule is C(=Cc1ccc(N(c2ccc(C=Cc3ccccc3)cc2)c2ccc(-c3cc4ccccc4c4c(-c5ccc(N(c6ccc(C=Cc7ccccc7)cc6)c6ccc(C=Cc7ccccc7)cc6)cc5)cc5ccccc5c34)cc2)cc1)c1ccccc1. The van der Waals surface area contributed by atoms with Crippen LogP contribution < -0.4 is 9.80 Å². The van der Waals surface area contributed by atoms with Gasteiger partial charge in [0.25, 0.3) is 0 Å². The van der Waals surface area contributed by atoms with Crippen LogP contribution in [0.1, 0.15) is 44.5 Å². The fourth-order valence-corrected chi connectivity index (χ4v) is 11.9. The Bertz CT molecular complexity index is 4300. The van der Waals surface area contributed by atoms with E-state index in [4.69, 9.17) is 0 Å². The van der Waals surface area contributed by atoms with E-state index in [1.54, 1.807) is 0 Å². The number of hydrogen-bond acceptors (Lipinski definition) is 2. The summed E-state index contributed by atoms with van der Waals surface area (Å²) in [6.07, 6.45) is 17.4. The summed E-state index contributed by atoms with van der Waals surface area (Å²) in [6.45, 7) is 0. The number of benzene rings is 14. The second-order valence-corrected chi connectivity index (χ2v) is 22.1. The third kappa shape index (κ3) is 12.1. The van der Waals surface area contributed by atoms with Crippen molar-refractivity contribution in [2.75, 3.05) is 9.80 Å². The summed E-state index contributed by atoms with van der Waals surface area (Å²) in [5.74, 6) is 0. The van der Waals surface area contributed by atoms with Crippen LogP contribution in [0.2, 0.25) is 0 Å². The first-order chi connectivity index (χ1) is 43.6. The van der Waals surface area contributed by atoms with E-state index in [1.807, 2.05) is 0 Å². The lowest BCUT2D eigenvalue weighted by Gasteiger charge is -2.26. The van der Waals surface area contributed by atoms with Crippen LogP contribution in [-0.2, 0) is 0 Å². The first kappa shape index (κ1) is 54.4. The molecule has 14 aromatic rings. The molecule has 0 amide bonds. The summed E-state index contributed by atoms with van der Waals surface area (Å²) in [6, 6.07) is 118. The van der Waals surface area contributed by atoms with Gasteiger partial charge < -0.3 is 9.80 Å². The van der Waals surface area contributed by atoms with Crippen LogP contribution in [0.3, 0.4) is 0 Å². The van der Waals surface area contributed by atoms with Crippen LogP contribution in [0.25, 0.3) is 103 Å². The quantitative estimate of drug-likeness (QED) is 0.0703. The lowest BCUT2D eigenvalue weighted by molar-refractivity contribution is 1.28. The van der Waals surface area contributed by atoms with Gasteiger partial charge in [0.2, 0.25) is 0 Å². The first-order valence-electron chi connectivity index (χ1n) is 30.1. The summed E-state index contributed by atoms with van der Waals surface area (Å²) >= 11 is 0. The summed E-state index contributed by atoms with van der Waals surface area (Å²) in [5, 5.41) is 7.32. The molecule has 0 aliphatic carbocycles. The Balaban J connectivity index is 0.839. The zero-order valence-corrected chi connectivity index (χ0v) is 48.7. The van der Waals surface area contributed by atoms with Gasteiger partial charge >= 0.3 is 0 Å². The Kier molecular flexibility index (Phi) is 15.6. The highest BCUT2D eigenvalue weighted by molar-refractivity contribution is 6.27. The highest BCUT2D eigenvalue weighted by Crippen LogP contribution is 2.46. The van der Waals surface area contributed by atoms with E-state index < -0.39 is 0 Å². The number of hydrogen-bond donors (Lipinski definition) is 0. The minimum atomic E-state index is 1.07. The van der Waals surface area contributed by atoms with Crippen molar-refractivity contribution in [3.63, 3.8) is 0 Å². The predicted octanol–water partition coefficient (Wildman–Crippen LogP) is 24.1. The maximum Gasteiger partial charge on any atom is 0.0462 e. The van der Waals surface area contributed by atoms with Crippen LogP contribution in [-0.4, -0.2) is 0 Å². The van der Waals surface area contributed by atoms with Crippen LogP contribution in [0, 0.1) is 0 Å². The molecular weight excluding hydrogens is 1060 g/mol. The Hall–Kier alpha value is -11.6. The van der Waals surface area contributed by atoms with Crippen molar-refractivity contribution >= 4 is 115 Å². The molecule has 0 N–H and O–H groups in total. The van der Waals surface area contributed by atoms with Gasteiger partial charge in [-0.15, -0.1) is 0 Å². The van der Waals surface area contributed by atoms with Crippen LogP contribution in [0.15, 0.2) is 328 Å². The monoisotopic (exact) mass is 1120 g/mol. The third-order valence-corrected chi connectivity index (χ3v) is 16.4. The maximum absolute atomic E-state index is 2.40. The Labute approximate surface area is 516 Å². The maximum atomic E-state index is 2.40. The fraction of sp³-hybridized carbons (Fsp3) is 0. The summed E-state index contributed by atoms with van der Waals surface area (Å²) in [4.78, 5) is 4.71. The molecule has 14 aromatic carbocycles. The zero-order chi connectivity index (χ0) is 58.9. The minimum absolute atomic E-state index is 1.07. The second kappa shape index (κ2) is 25.3. The van der Waals surface area contributed by atoms with Crippen LogP contribution in [0.5, 0.6) is 0 Å². The van der Waals surface area contributed by atoms with Crippen molar-refractivity contribution in [2.24, 2.45) is 0 Å². The number of nitrogens with zero attached hydrogens (tertiary/aromatic N) is 2. The predicted molar refractivity (Wildman–Crippen MR) is 381 cm³/mol. The smallest absolute Gasteiger partial charge is 0.0462 e. The standard InChI is InChI=1S/C86H62N2/c1-5-17-63(18-6-1)29-33-67-37-49-75(50-38-67)87(76-51-39-68(40-52-76)34-30-64-19-7-2-8-20-64)79-57-45-71(46-58-79)83-61-73-25-13-16-28-82(73)86-84(62-74-26-14-15-27-81(74)85(83)86)72-47-59-80(60-48-72)88(77-53-41-69(42-54-77)35-31-65-21-9-3-10-22-65)78-55-43-70(44-56-78)36-32-66-23-11-4-12-24-66/h1-62H. The minimum Gasteiger partial charge on any atom is -0.311 e. The topological polar surface area (TPSA) is 6.48 Å². The fourth-order valence-electron chi connectivity index (χ4n) is 11.9.